The molecule has 0 radical (unpaired) electrons. The molecule has 0 saturated carbocycles. The number of hydrogen-bond donors (Lipinski definition) is 2. The van der Waals surface area contributed by atoms with Gasteiger partial charge in [-0.25, -0.2) is 5.01 Å². The quantitative estimate of drug-likeness (QED) is 0.546. The minimum atomic E-state index is 0.0511. The first-order valence-corrected chi connectivity index (χ1v) is 4.94. The minimum Gasteiger partial charge on any atom is -0.395 e. The average molecular weight is 194 g/mol. The van der Waals surface area contributed by atoms with E-state index in [-0.39, 0.29) is 12.6 Å². The smallest absolute Gasteiger partial charge is 0.0600 e. The van der Waals surface area contributed by atoms with Gasteiger partial charge in [-0.3, -0.25) is 5.84 Å². The second-order valence-corrected chi connectivity index (χ2v) is 3.40. The Morgan fingerprint density at radius 1 is 1.36 bits per heavy atom. The number of aliphatic hydroxyl groups is 1. The predicted molar refractivity (Wildman–Crippen MR) is 57.3 cm³/mol. The third-order valence-corrected chi connectivity index (χ3v) is 2.36. The molecule has 3 N–H and O–H groups in total. The lowest BCUT2D eigenvalue weighted by Gasteiger charge is -2.24. The zero-order valence-electron chi connectivity index (χ0n) is 8.56. The highest BCUT2D eigenvalue weighted by Crippen LogP contribution is 2.05. The van der Waals surface area contributed by atoms with Crippen molar-refractivity contribution in [3.8, 4) is 0 Å². The summed E-state index contributed by atoms with van der Waals surface area (Å²) in [5.74, 6) is 5.84. The van der Waals surface area contributed by atoms with Gasteiger partial charge < -0.3 is 5.11 Å². The van der Waals surface area contributed by atoms with E-state index in [0.29, 0.717) is 6.54 Å². The van der Waals surface area contributed by atoms with Gasteiger partial charge in [0.05, 0.1) is 6.61 Å². The molecule has 0 aliphatic carbocycles. The third kappa shape index (κ3) is 3.10. The van der Waals surface area contributed by atoms with E-state index in [2.05, 4.69) is 0 Å². The average Bonchev–Trinajstić information content (AvgIpc) is 2.21. The maximum absolute atomic E-state index is 9.05. The van der Waals surface area contributed by atoms with Gasteiger partial charge in [0, 0.05) is 12.6 Å². The van der Waals surface area contributed by atoms with Crippen LogP contribution in [0.1, 0.15) is 18.9 Å². The van der Waals surface area contributed by atoms with Crippen LogP contribution in [0.15, 0.2) is 30.3 Å². The lowest BCUT2D eigenvalue weighted by Crippen LogP contribution is -2.42. The molecule has 0 amide bonds. The first kappa shape index (κ1) is 11.2. The highest BCUT2D eigenvalue weighted by Gasteiger charge is 2.11. The van der Waals surface area contributed by atoms with Crippen LogP contribution in [0.4, 0.5) is 0 Å². The molecule has 0 fully saturated rings. The zero-order valence-corrected chi connectivity index (χ0v) is 8.56. The molecule has 3 nitrogen and oxygen atoms in total. The SMILES string of the molecule is CC[C@H](CO)N(N)Cc1ccccc1. The van der Waals surface area contributed by atoms with E-state index in [1.54, 1.807) is 5.01 Å². The molecule has 0 saturated heterocycles. The first-order chi connectivity index (χ1) is 6.77. The third-order valence-electron chi connectivity index (χ3n) is 2.36. The van der Waals surface area contributed by atoms with E-state index in [1.165, 1.54) is 5.56 Å². The summed E-state index contributed by atoms with van der Waals surface area (Å²) < 4.78 is 0. The fraction of sp³-hybridized carbons (Fsp3) is 0.455. The molecule has 0 aromatic heterocycles. The number of rotatable bonds is 5. The normalized spacial score (nSPS) is 13.1. The van der Waals surface area contributed by atoms with Gasteiger partial charge in [-0.15, -0.1) is 0 Å². The topological polar surface area (TPSA) is 49.5 Å². The van der Waals surface area contributed by atoms with E-state index in [0.717, 1.165) is 6.42 Å². The van der Waals surface area contributed by atoms with Gasteiger partial charge in [0.25, 0.3) is 0 Å². The molecular formula is C11H18N2O. The Hall–Kier alpha value is -0.900. The molecule has 0 unspecified atom stereocenters. The van der Waals surface area contributed by atoms with E-state index in [9.17, 15) is 0 Å². The molecule has 0 aliphatic heterocycles. The van der Waals surface area contributed by atoms with Crippen LogP contribution >= 0.6 is 0 Å². The van der Waals surface area contributed by atoms with Crippen LogP contribution < -0.4 is 5.84 Å². The number of nitrogens with zero attached hydrogens (tertiary/aromatic N) is 1. The van der Waals surface area contributed by atoms with Crippen LogP contribution in [-0.4, -0.2) is 22.8 Å². The number of hydrogen-bond acceptors (Lipinski definition) is 3. The van der Waals surface area contributed by atoms with Crippen molar-refractivity contribution in [1.82, 2.24) is 5.01 Å². The van der Waals surface area contributed by atoms with Crippen LogP contribution in [-0.2, 0) is 6.54 Å². The fourth-order valence-electron chi connectivity index (χ4n) is 1.39. The summed E-state index contributed by atoms with van der Waals surface area (Å²) in [4.78, 5) is 0. The Bertz CT molecular complexity index is 247. The molecule has 0 bridgehead atoms. The molecule has 0 aliphatic rings. The predicted octanol–water partition coefficient (Wildman–Crippen LogP) is 1.13. The second-order valence-electron chi connectivity index (χ2n) is 3.40. The van der Waals surface area contributed by atoms with Crippen molar-refractivity contribution in [2.45, 2.75) is 25.9 Å². The highest BCUT2D eigenvalue weighted by molar-refractivity contribution is 5.14. The van der Waals surface area contributed by atoms with Crippen LogP contribution in [0, 0.1) is 0 Å². The van der Waals surface area contributed by atoms with Gasteiger partial charge in [-0.1, -0.05) is 37.3 Å². The van der Waals surface area contributed by atoms with Crippen molar-refractivity contribution in [2.24, 2.45) is 5.84 Å². The standard InChI is InChI=1S/C11H18N2O/c1-2-11(9-14)13(12)8-10-6-4-3-5-7-10/h3-7,11,14H,2,8-9,12H2,1H3/t11-/m1/s1. The molecule has 1 aromatic carbocycles. The highest BCUT2D eigenvalue weighted by atomic mass is 16.3. The number of aliphatic hydroxyl groups excluding tert-OH is 1. The van der Waals surface area contributed by atoms with Crippen molar-refractivity contribution in [3.63, 3.8) is 0 Å². The summed E-state index contributed by atoms with van der Waals surface area (Å²) >= 11 is 0. The molecule has 14 heavy (non-hydrogen) atoms. The molecule has 1 rings (SSSR count). The fourth-order valence-corrected chi connectivity index (χ4v) is 1.39. The second kappa shape index (κ2) is 5.75. The number of hydrazine groups is 1. The monoisotopic (exact) mass is 194 g/mol. The number of nitrogens with two attached hydrogens (primary N) is 1. The molecule has 78 valence electrons. The van der Waals surface area contributed by atoms with Gasteiger partial charge in [0.2, 0.25) is 0 Å². The molecule has 1 aromatic rings. The Labute approximate surface area is 85.1 Å². The van der Waals surface area contributed by atoms with E-state index in [1.807, 2.05) is 37.3 Å². The molecule has 0 spiro atoms. The van der Waals surface area contributed by atoms with Crippen LogP contribution in [0.5, 0.6) is 0 Å². The van der Waals surface area contributed by atoms with Crippen molar-refractivity contribution in [3.05, 3.63) is 35.9 Å². The zero-order chi connectivity index (χ0) is 10.4. The molecular weight excluding hydrogens is 176 g/mol. The summed E-state index contributed by atoms with van der Waals surface area (Å²) in [5.41, 5.74) is 1.17. The summed E-state index contributed by atoms with van der Waals surface area (Å²) in [6, 6.07) is 10.1. The van der Waals surface area contributed by atoms with Crippen molar-refractivity contribution >= 4 is 0 Å². The Balaban J connectivity index is 2.52. The van der Waals surface area contributed by atoms with Crippen molar-refractivity contribution in [2.75, 3.05) is 6.61 Å². The summed E-state index contributed by atoms with van der Waals surface area (Å²) in [6.07, 6.45) is 0.861. The van der Waals surface area contributed by atoms with Gasteiger partial charge in [0.1, 0.15) is 0 Å². The number of benzene rings is 1. The molecule has 3 heteroatoms. The first-order valence-electron chi connectivity index (χ1n) is 4.94. The van der Waals surface area contributed by atoms with Gasteiger partial charge >= 0.3 is 0 Å². The maximum atomic E-state index is 9.05. The maximum Gasteiger partial charge on any atom is 0.0600 e. The van der Waals surface area contributed by atoms with Gasteiger partial charge in [-0.05, 0) is 12.0 Å². The van der Waals surface area contributed by atoms with Crippen molar-refractivity contribution < 1.29 is 5.11 Å². The lowest BCUT2D eigenvalue weighted by atomic mass is 10.2. The van der Waals surface area contributed by atoms with E-state index in [4.69, 9.17) is 10.9 Å². The van der Waals surface area contributed by atoms with Crippen molar-refractivity contribution in [1.29, 1.82) is 0 Å². The summed E-state index contributed by atoms with van der Waals surface area (Å²) in [6.45, 7) is 2.81. The summed E-state index contributed by atoms with van der Waals surface area (Å²) in [7, 11) is 0. The minimum absolute atomic E-state index is 0.0511. The Morgan fingerprint density at radius 3 is 2.50 bits per heavy atom. The van der Waals surface area contributed by atoms with Gasteiger partial charge in [0.15, 0.2) is 0 Å². The van der Waals surface area contributed by atoms with E-state index < -0.39 is 0 Å². The Kier molecular flexibility index (Phi) is 4.59. The largest absolute Gasteiger partial charge is 0.395 e. The molecule has 1 atom stereocenters. The van der Waals surface area contributed by atoms with E-state index >= 15 is 0 Å². The van der Waals surface area contributed by atoms with Crippen LogP contribution in [0.3, 0.4) is 0 Å². The lowest BCUT2D eigenvalue weighted by molar-refractivity contribution is 0.114. The summed E-state index contributed by atoms with van der Waals surface area (Å²) in [5, 5.41) is 10.7. The van der Waals surface area contributed by atoms with Gasteiger partial charge in [-0.2, -0.15) is 0 Å². The molecule has 0 heterocycles. The van der Waals surface area contributed by atoms with Crippen LogP contribution in [0.25, 0.3) is 0 Å². The van der Waals surface area contributed by atoms with Crippen LogP contribution in [0.2, 0.25) is 0 Å². The Morgan fingerprint density at radius 2 is 2.00 bits per heavy atom.